The van der Waals surface area contributed by atoms with E-state index in [0.29, 0.717) is 5.82 Å². The smallest absolute Gasteiger partial charge is 0.160 e. The standard InChI is InChI=1S/C51H31N3O2/c1-2-9-35(10-3-1)51-53-44(31-45(54-51)38-12-8-11-36(29-38)32-25-27-52-28-26-32)34-19-17-33(18-20-34)39-22-23-40(50-49(39)42-14-5-7-16-47(42)56-50)37-21-24-48-43(30-37)41-13-4-6-15-46(41)55-48/h1-31H. The molecule has 7 aromatic carbocycles. The predicted molar refractivity (Wildman–Crippen MR) is 227 cm³/mol. The van der Waals surface area contributed by atoms with Gasteiger partial charge in [-0.25, -0.2) is 9.97 Å². The van der Waals surface area contributed by atoms with Crippen LogP contribution in [0.5, 0.6) is 0 Å². The minimum atomic E-state index is 0.681. The maximum Gasteiger partial charge on any atom is 0.160 e. The van der Waals surface area contributed by atoms with Gasteiger partial charge in [-0.2, -0.15) is 0 Å². The average molecular weight is 718 g/mol. The molecular formula is C51H31N3O2. The number of hydrogen-bond donors (Lipinski definition) is 0. The molecule has 56 heavy (non-hydrogen) atoms. The molecule has 0 radical (unpaired) electrons. The zero-order valence-corrected chi connectivity index (χ0v) is 30.1. The van der Waals surface area contributed by atoms with Gasteiger partial charge in [-0.15, -0.1) is 0 Å². The van der Waals surface area contributed by atoms with Crippen LogP contribution in [0.1, 0.15) is 0 Å². The Morgan fingerprint density at radius 1 is 0.339 bits per heavy atom. The molecule has 4 aromatic heterocycles. The quantitative estimate of drug-likeness (QED) is 0.171. The molecule has 11 rings (SSSR count). The number of aromatic nitrogens is 3. The van der Waals surface area contributed by atoms with Crippen molar-refractivity contribution in [3.8, 4) is 67.3 Å². The minimum absolute atomic E-state index is 0.681. The highest BCUT2D eigenvalue weighted by Gasteiger charge is 2.19. The van der Waals surface area contributed by atoms with E-state index in [1.165, 1.54) is 0 Å². The summed E-state index contributed by atoms with van der Waals surface area (Å²) in [6.07, 6.45) is 3.64. The molecule has 0 N–H and O–H groups in total. The van der Waals surface area contributed by atoms with Crippen LogP contribution in [-0.4, -0.2) is 15.0 Å². The fourth-order valence-electron chi connectivity index (χ4n) is 7.87. The molecule has 5 heteroatoms. The van der Waals surface area contributed by atoms with Crippen LogP contribution in [0.4, 0.5) is 0 Å². The van der Waals surface area contributed by atoms with E-state index in [2.05, 4.69) is 126 Å². The summed E-state index contributed by atoms with van der Waals surface area (Å²) in [5.74, 6) is 0.681. The van der Waals surface area contributed by atoms with Crippen molar-refractivity contribution in [1.82, 2.24) is 15.0 Å². The Bertz CT molecular complexity index is 3240. The number of para-hydroxylation sites is 2. The van der Waals surface area contributed by atoms with Crippen molar-refractivity contribution >= 4 is 43.9 Å². The Morgan fingerprint density at radius 2 is 0.964 bits per heavy atom. The largest absolute Gasteiger partial charge is 0.456 e. The first kappa shape index (κ1) is 31.9. The van der Waals surface area contributed by atoms with Crippen molar-refractivity contribution in [2.75, 3.05) is 0 Å². The summed E-state index contributed by atoms with van der Waals surface area (Å²) in [5.41, 5.74) is 14.7. The molecule has 0 aliphatic carbocycles. The molecule has 11 aromatic rings. The molecule has 0 bridgehead atoms. The summed E-state index contributed by atoms with van der Waals surface area (Å²) in [6, 6.07) is 60.7. The highest BCUT2D eigenvalue weighted by Crippen LogP contribution is 2.43. The number of benzene rings is 7. The van der Waals surface area contributed by atoms with E-state index >= 15 is 0 Å². The number of furan rings is 2. The van der Waals surface area contributed by atoms with Gasteiger partial charge in [0.1, 0.15) is 22.3 Å². The first-order chi connectivity index (χ1) is 27.7. The zero-order valence-electron chi connectivity index (χ0n) is 30.1. The number of nitrogens with zero attached hydrogens (tertiary/aromatic N) is 3. The Kier molecular flexibility index (Phi) is 7.42. The van der Waals surface area contributed by atoms with Crippen LogP contribution >= 0.6 is 0 Å². The SMILES string of the molecule is c1ccc(-c2nc(-c3ccc(-c4ccc(-c5ccc6oc7ccccc7c6c5)c5oc6ccccc6c45)cc3)cc(-c3cccc(-c4ccncc4)c3)n2)cc1. The van der Waals surface area contributed by atoms with Crippen molar-refractivity contribution in [2.45, 2.75) is 0 Å². The summed E-state index contributed by atoms with van der Waals surface area (Å²) in [7, 11) is 0. The van der Waals surface area contributed by atoms with Crippen molar-refractivity contribution in [3.63, 3.8) is 0 Å². The van der Waals surface area contributed by atoms with Crippen LogP contribution in [0.25, 0.3) is 111 Å². The lowest BCUT2D eigenvalue weighted by atomic mass is 9.93. The molecular weight excluding hydrogens is 687 g/mol. The van der Waals surface area contributed by atoms with E-state index in [-0.39, 0.29) is 0 Å². The summed E-state index contributed by atoms with van der Waals surface area (Å²) in [4.78, 5) is 14.4. The fraction of sp³-hybridized carbons (Fsp3) is 0. The molecule has 262 valence electrons. The first-order valence-electron chi connectivity index (χ1n) is 18.7. The molecule has 0 saturated heterocycles. The van der Waals surface area contributed by atoms with E-state index in [9.17, 15) is 0 Å². The van der Waals surface area contributed by atoms with Gasteiger partial charge in [0.2, 0.25) is 0 Å². The van der Waals surface area contributed by atoms with E-state index in [1.54, 1.807) is 0 Å². The van der Waals surface area contributed by atoms with E-state index in [4.69, 9.17) is 18.8 Å². The summed E-state index contributed by atoms with van der Waals surface area (Å²) < 4.78 is 12.8. The minimum Gasteiger partial charge on any atom is -0.456 e. The lowest BCUT2D eigenvalue weighted by Gasteiger charge is -2.12. The van der Waals surface area contributed by atoms with Gasteiger partial charge < -0.3 is 8.83 Å². The summed E-state index contributed by atoms with van der Waals surface area (Å²) in [6.45, 7) is 0. The van der Waals surface area contributed by atoms with Crippen LogP contribution in [0.2, 0.25) is 0 Å². The molecule has 4 heterocycles. The van der Waals surface area contributed by atoms with Crippen molar-refractivity contribution in [1.29, 1.82) is 0 Å². The third-order valence-corrected chi connectivity index (χ3v) is 10.6. The normalized spacial score (nSPS) is 11.6. The van der Waals surface area contributed by atoms with Crippen LogP contribution in [0, 0.1) is 0 Å². The Labute approximate surface area is 322 Å². The van der Waals surface area contributed by atoms with E-state index in [1.807, 2.05) is 67.0 Å². The van der Waals surface area contributed by atoms with Gasteiger partial charge in [-0.1, -0.05) is 121 Å². The molecule has 0 spiro atoms. The highest BCUT2D eigenvalue weighted by molar-refractivity contribution is 6.17. The predicted octanol–water partition coefficient (Wildman–Crippen LogP) is 13.7. The van der Waals surface area contributed by atoms with Gasteiger partial charge in [-0.05, 0) is 82.4 Å². The Balaban J connectivity index is 1.02. The van der Waals surface area contributed by atoms with Gasteiger partial charge >= 0.3 is 0 Å². The average Bonchev–Trinajstić information content (AvgIpc) is 3.85. The molecule has 0 aliphatic rings. The highest BCUT2D eigenvalue weighted by atomic mass is 16.3. The lowest BCUT2D eigenvalue weighted by molar-refractivity contribution is 0.668. The third-order valence-electron chi connectivity index (χ3n) is 10.6. The topological polar surface area (TPSA) is 65.0 Å². The van der Waals surface area contributed by atoms with Crippen molar-refractivity contribution in [2.24, 2.45) is 0 Å². The lowest BCUT2D eigenvalue weighted by Crippen LogP contribution is -1.96. The van der Waals surface area contributed by atoms with E-state index in [0.717, 1.165) is 105 Å². The number of rotatable bonds is 6. The molecule has 5 nitrogen and oxygen atoms in total. The van der Waals surface area contributed by atoms with Crippen LogP contribution in [-0.2, 0) is 0 Å². The van der Waals surface area contributed by atoms with Crippen LogP contribution in [0.15, 0.2) is 197 Å². The molecule has 0 fully saturated rings. The van der Waals surface area contributed by atoms with Crippen molar-refractivity contribution in [3.05, 3.63) is 188 Å². The number of pyridine rings is 1. The third kappa shape index (κ3) is 5.45. The van der Waals surface area contributed by atoms with Gasteiger partial charge in [0.25, 0.3) is 0 Å². The molecule has 0 atom stereocenters. The maximum absolute atomic E-state index is 6.68. The molecule has 0 saturated carbocycles. The summed E-state index contributed by atoms with van der Waals surface area (Å²) in [5, 5.41) is 4.37. The maximum atomic E-state index is 6.68. The molecule has 0 amide bonds. The molecule has 0 unspecified atom stereocenters. The van der Waals surface area contributed by atoms with Crippen molar-refractivity contribution < 1.29 is 8.83 Å². The monoisotopic (exact) mass is 717 g/mol. The first-order valence-corrected chi connectivity index (χ1v) is 18.7. The summed E-state index contributed by atoms with van der Waals surface area (Å²) >= 11 is 0. The second kappa shape index (κ2) is 13.0. The second-order valence-electron chi connectivity index (χ2n) is 14.0. The second-order valence-corrected chi connectivity index (χ2v) is 14.0. The van der Waals surface area contributed by atoms with Gasteiger partial charge in [0.05, 0.1) is 11.4 Å². The number of hydrogen-bond acceptors (Lipinski definition) is 5. The molecule has 0 aliphatic heterocycles. The number of fused-ring (bicyclic) bond motifs is 6. The van der Waals surface area contributed by atoms with Crippen LogP contribution < -0.4 is 0 Å². The van der Waals surface area contributed by atoms with Gasteiger partial charge in [0.15, 0.2) is 5.82 Å². The Hall–Kier alpha value is -7.63. The zero-order chi connectivity index (χ0) is 37.0. The van der Waals surface area contributed by atoms with Gasteiger partial charge in [-0.3, -0.25) is 4.98 Å². The van der Waals surface area contributed by atoms with E-state index < -0.39 is 0 Å². The Morgan fingerprint density at radius 3 is 1.79 bits per heavy atom. The van der Waals surface area contributed by atoms with Gasteiger partial charge in [0, 0.05) is 56.2 Å². The fourth-order valence-corrected chi connectivity index (χ4v) is 7.87. The van der Waals surface area contributed by atoms with Crippen LogP contribution in [0.3, 0.4) is 0 Å².